The summed E-state index contributed by atoms with van der Waals surface area (Å²) in [5, 5.41) is 15.7. The van der Waals surface area contributed by atoms with E-state index in [1.165, 1.54) is 6.33 Å². The van der Waals surface area contributed by atoms with Crippen molar-refractivity contribution in [2.45, 2.75) is 0 Å². The number of aromatic amines is 1. The summed E-state index contributed by atoms with van der Waals surface area (Å²) in [6, 6.07) is 15.4. The lowest BCUT2D eigenvalue weighted by molar-refractivity contribution is 0.478. The van der Waals surface area contributed by atoms with Crippen molar-refractivity contribution in [2.24, 2.45) is 0 Å². The number of hydrogen-bond donors (Lipinski definition) is 3. The Morgan fingerprint density at radius 1 is 1.00 bits per heavy atom. The Bertz CT molecular complexity index is 1260. The molecule has 5 rings (SSSR count). The fourth-order valence-corrected chi connectivity index (χ4v) is 3.21. The van der Waals surface area contributed by atoms with E-state index in [-0.39, 0.29) is 5.75 Å². The van der Waals surface area contributed by atoms with Gasteiger partial charge in [-0.1, -0.05) is 6.07 Å². The maximum atomic E-state index is 10.4. The first-order valence-electron chi connectivity index (χ1n) is 8.50. The minimum Gasteiger partial charge on any atom is -0.507 e. The summed E-state index contributed by atoms with van der Waals surface area (Å²) in [5.74, 6) is 0.842. The van der Waals surface area contributed by atoms with Crippen LogP contribution < -0.4 is 5.32 Å². The Labute approximate surface area is 154 Å². The smallest absolute Gasteiger partial charge is 0.141 e. The molecule has 0 bridgehead atoms. The minimum atomic E-state index is 0.161. The molecule has 6 nitrogen and oxygen atoms in total. The van der Waals surface area contributed by atoms with Gasteiger partial charge in [0, 0.05) is 57.8 Å². The number of fused-ring (bicyclic) bond motifs is 2. The van der Waals surface area contributed by atoms with Crippen LogP contribution in [0.1, 0.15) is 0 Å². The molecular formula is C21H15N5O. The van der Waals surface area contributed by atoms with Crippen LogP contribution >= 0.6 is 0 Å². The van der Waals surface area contributed by atoms with Crippen molar-refractivity contribution in [2.75, 3.05) is 5.32 Å². The van der Waals surface area contributed by atoms with Crippen molar-refractivity contribution in [1.82, 2.24) is 19.9 Å². The molecule has 0 saturated carbocycles. The van der Waals surface area contributed by atoms with Crippen LogP contribution in [0, 0.1) is 0 Å². The molecule has 0 radical (unpaired) electrons. The molecule has 0 aliphatic heterocycles. The summed E-state index contributed by atoms with van der Waals surface area (Å²) in [5.41, 5.74) is 4.20. The first-order chi connectivity index (χ1) is 13.3. The summed E-state index contributed by atoms with van der Waals surface area (Å²) in [7, 11) is 0. The molecule has 5 aromatic rings. The normalized spacial score (nSPS) is 11.1. The lowest BCUT2D eigenvalue weighted by Gasteiger charge is -2.11. The molecule has 130 valence electrons. The van der Waals surface area contributed by atoms with Crippen LogP contribution in [-0.4, -0.2) is 25.0 Å². The van der Waals surface area contributed by atoms with Crippen LogP contribution in [0.2, 0.25) is 0 Å². The van der Waals surface area contributed by atoms with Gasteiger partial charge in [0.15, 0.2) is 0 Å². The minimum absolute atomic E-state index is 0.161. The summed E-state index contributed by atoms with van der Waals surface area (Å²) < 4.78 is 0. The number of hydrogen-bond acceptors (Lipinski definition) is 5. The highest BCUT2D eigenvalue weighted by Crippen LogP contribution is 2.35. The van der Waals surface area contributed by atoms with Gasteiger partial charge in [-0.2, -0.15) is 0 Å². The largest absolute Gasteiger partial charge is 0.507 e. The number of phenolic OH excluding ortho intramolecular Hbond substituents is 1. The maximum Gasteiger partial charge on any atom is 0.141 e. The van der Waals surface area contributed by atoms with Crippen LogP contribution in [0.25, 0.3) is 32.9 Å². The summed E-state index contributed by atoms with van der Waals surface area (Å²) in [6.45, 7) is 0. The van der Waals surface area contributed by atoms with Crippen molar-refractivity contribution in [3.05, 3.63) is 73.4 Å². The van der Waals surface area contributed by atoms with E-state index in [0.29, 0.717) is 16.9 Å². The van der Waals surface area contributed by atoms with Gasteiger partial charge >= 0.3 is 0 Å². The Kier molecular flexibility index (Phi) is 3.47. The lowest BCUT2D eigenvalue weighted by Crippen LogP contribution is -1.96. The van der Waals surface area contributed by atoms with E-state index in [1.807, 2.05) is 42.6 Å². The standard InChI is InChI=1S/C21H15N5O/c27-20-10-19-17(9-16(20)14-2-1-6-22-11-14)21(25-12-24-19)26-15-3-4-18-13(8-15)5-7-23-18/h1-12,23,27H,(H,24,25,26). The highest BCUT2D eigenvalue weighted by Gasteiger charge is 2.11. The molecule has 0 unspecified atom stereocenters. The molecule has 0 atom stereocenters. The number of pyridine rings is 1. The Hall–Kier alpha value is -3.93. The number of nitrogens with zero attached hydrogens (tertiary/aromatic N) is 3. The zero-order chi connectivity index (χ0) is 18.2. The van der Waals surface area contributed by atoms with Crippen molar-refractivity contribution < 1.29 is 5.11 Å². The van der Waals surface area contributed by atoms with Crippen LogP contribution in [0.4, 0.5) is 11.5 Å². The molecule has 0 saturated heterocycles. The number of aromatic hydroxyl groups is 1. The van der Waals surface area contributed by atoms with Gasteiger partial charge in [0.05, 0.1) is 5.52 Å². The molecule has 3 aromatic heterocycles. The first kappa shape index (κ1) is 15.3. The molecule has 3 N–H and O–H groups in total. The fraction of sp³-hybridized carbons (Fsp3) is 0. The third-order valence-electron chi connectivity index (χ3n) is 4.54. The number of nitrogens with one attached hydrogen (secondary N) is 2. The van der Waals surface area contributed by atoms with Crippen molar-refractivity contribution >= 4 is 33.3 Å². The quantitative estimate of drug-likeness (QED) is 0.440. The second-order valence-corrected chi connectivity index (χ2v) is 6.26. The molecule has 6 heteroatoms. The predicted octanol–water partition coefficient (Wildman–Crippen LogP) is 4.62. The van der Waals surface area contributed by atoms with Gasteiger partial charge in [-0.25, -0.2) is 9.97 Å². The number of aromatic nitrogens is 4. The van der Waals surface area contributed by atoms with Crippen LogP contribution in [-0.2, 0) is 0 Å². The van der Waals surface area contributed by atoms with Crippen molar-refractivity contribution in [3.63, 3.8) is 0 Å². The molecule has 0 spiro atoms. The molecule has 0 aliphatic rings. The van der Waals surface area contributed by atoms with Crippen molar-refractivity contribution in [1.29, 1.82) is 0 Å². The fourth-order valence-electron chi connectivity index (χ4n) is 3.21. The number of benzene rings is 2. The second-order valence-electron chi connectivity index (χ2n) is 6.26. The average molecular weight is 353 g/mol. The third-order valence-corrected chi connectivity index (χ3v) is 4.54. The van der Waals surface area contributed by atoms with Gasteiger partial charge < -0.3 is 15.4 Å². The molecule has 0 amide bonds. The summed E-state index contributed by atoms with van der Waals surface area (Å²) >= 11 is 0. The third kappa shape index (κ3) is 2.73. The molecule has 2 aromatic carbocycles. The first-order valence-corrected chi connectivity index (χ1v) is 8.50. The Balaban J connectivity index is 1.63. The van der Waals surface area contributed by atoms with Crippen molar-refractivity contribution in [3.8, 4) is 16.9 Å². The van der Waals surface area contributed by atoms with Gasteiger partial charge in [-0.15, -0.1) is 0 Å². The molecular weight excluding hydrogens is 338 g/mol. The van der Waals surface area contributed by atoms with Gasteiger partial charge in [0.1, 0.15) is 17.9 Å². The van der Waals surface area contributed by atoms with Gasteiger partial charge in [-0.3, -0.25) is 4.98 Å². The Morgan fingerprint density at radius 3 is 2.85 bits per heavy atom. The second kappa shape index (κ2) is 6.10. The van der Waals surface area contributed by atoms with Gasteiger partial charge in [0.2, 0.25) is 0 Å². The van der Waals surface area contributed by atoms with Gasteiger partial charge in [0.25, 0.3) is 0 Å². The zero-order valence-electron chi connectivity index (χ0n) is 14.2. The highest BCUT2D eigenvalue weighted by atomic mass is 16.3. The average Bonchev–Trinajstić information content (AvgIpc) is 3.16. The number of phenols is 1. The molecule has 3 heterocycles. The Morgan fingerprint density at radius 2 is 1.96 bits per heavy atom. The maximum absolute atomic E-state index is 10.4. The monoisotopic (exact) mass is 353 g/mol. The van der Waals surface area contributed by atoms with E-state index in [0.717, 1.165) is 27.5 Å². The number of H-pyrrole nitrogens is 1. The number of anilines is 2. The van der Waals surface area contributed by atoms with E-state index >= 15 is 0 Å². The lowest BCUT2D eigenvalue weighted by atomic mass is 10.0. The zero-order valence-corrected chi connectivity index (χ0v) is 14.2. The predicted molar refractivity (Wildman–Crippen MR) is 106 cm³/mol. The topological polar surface area (TPSA) is 86.7 Å². The van der Waals surface area contributed by atoms with Crippen LogP contribution in [0.15, 0.2) is 73.4 Å². The van der Waals surface area contributed by atoms with Gasteiger partial charge in [-0.05, 0) is 36.4 Å². The molecule has 27 heavy (non-hydrogen) atoms. The highest BCUT2D eigenvalue weighted by molar-refractivity contribution is 5.96. The summed E-state index contributed by atoms with van der Waals surface area (Å²) in [6.07, 6.45) is 6.83. The molecule has 0 aliphatic carbocycles. The summed E-state index contributed by atoms with van der Waals surface area (Å²) in [4.78, 5) is 16.0. The van der Waals surface area contributed by atoms with E-state index in [4.69, 9.17) is 0 Å². The SMILES string of the molecule is Oc1cc2ncnc(Nc3ccc4[nH]ccc4c3)c2cc1-c1cccnc1. The van der Waals surface area contributed by atoms with Crippen LogP contribution in [0.3, 0.4) is 0 Å². The number of rotatable bonds is 3. The van der Waals surface area contributed by atoms with Crippen LogP contribution in [0.5, 0.6) is 5.75 Å². The van der Waals surface area contributed by atoms with E-state index < -0.39 is 0 Å². The van der Waals surface area contributed by atoms with E-state index in [2.05, 4.69) is 31.3 Å². The molecule has 0 fully saturated rings. The van der Waals surface area contributed by atoms with E-state index in [9.17, 15) is 5.11 Å². The van der Waals surface area contributed by atoms with E-state index in [1.54, 1.807) is 18.5 Å².